The minimum Gasteiger partial charge on any atom is -0.496 e. The van der Waals surface area contributed by atoms with Crippen molar-refractivity contribution in [3.63, 3.8) is 0 Å². The first-order chi connectivity index (χ1) is 9.86. The molecule has 0 radical (unpaired) electrons. The van der Waals surface area contributed by atoms with E-state index in [2.05, 4.69) is 48.6 Å². The first kappa shape index (κ1) is 17.8. The van der Waals surface area contributed by atoms with Gasteiger partial charge < -0.3 is 10.1 Å². The van der Waals surface area contributed by atoms with E-state index in [0.29, 0.717) is 0 Å². The Morgan fingerprint density at radius 1 is 1.00 bits per heavy atom. The van der Waals surface area contributed by atoms with Crippen molar-refractivity contribution in [1.29, 1.82) is 0 Å². The highest BCUT2D eigenvalue weighted by atomic mass is 35.5. The summed E-state index contributed by atoms with van der Waals surface area (Å²) < 4.78 is 5.51. The van der Waals surface area contributed by atoms with Crippen LogP contribution in [0.15, 0.2) is 36.4 Å². The monoisotopic (exact) mass is 307 g/mol. The Kier molecular flexibility index (Phi) is 8.17. The maximum absolute atomic E-state index is 5.51. The van der Waals surface area contributed by atoms with E-state index in [9.17, 15) is 0 Å². The molecule has 2 nitrogen and oxygen atoms in total. The Balaban J connectivity index is 0.00000220. The highest BCUT2D eigenvalue weighted by Gasteiger charge is 2.07. The number of ether oxygens (including phenoxy) is 1. The van der Waals surface area contributed by atoms with E-state index in [-0.39, 0.29) is 12.4 Å². The highest BCUT2D eigenvalue weighted by molar-refractivity contribution is 5.87. The molecule has 0 unspecified atom stereocenters. The van der Waals surface area contributed by atoms with Gasteiger partial charge in [-0.15, -0.1) is 12.4 Å². The van der Waals surface area contributed by atoms with Crippen LogP contribution >= 0.6 is 12.4 Å². The first-order valence-electron chi connectivity index (χ1n) is 7.62. The minimum absolute atomic E-state index is 0. The molecule has 116 valence electrons. The second-order valence-corrected chi connectivity index (χ2v) is 5.20. The van der Waals surface area contributed by atoms with Crippen molar-refractivity contribution < 1.29 is 4.74 Å². The Bertz CT molecular complexity index is 542. The Morgan fingerprint density at radius 3 is 2.57 bits per heavy atom. The highest BCUT2D eigenvalue weighted by Crippen LogP contribution is 2.27. The summed E-state index contributed by atoms with van der Waals surface area (Å²) >= 11 is 0. The van der Waals surface area contributed by atoms with Gasteiger partial charge in [0.2, 0.25) is 0 Å². The second-order valence-electron chi connectivity index (χ2n) is 5.20. The van der Waals surface area contributed by atoms with Crippen LogP contribution in [0.25, 0.3) is 10.8 Å². The maximum Gasteiger partial charge on any atom is 0.123 e. The standard InChI is InChI=1S/C18H25NO.ClH/c1-3-4-5-8-13-19-14-17-16-10-7-6-9-15(16)11-12-18(17)20-2;/h6-7,9-12,19H,3-5,8,13-14H2,1-2H3;1H. The fraction of sp³-hybridized carbons (Fsp3) is 0.444. The third-order valence-corrected chi connectivity index (χ3v) is 3.73. The average molecular weight is 308 g/mol. The molecule has 2 rings (SSSR count). The molecule has 0 heterocycles. The number of unbranched alkanes of at least 4 members (excludes halogenated alkanes) is 3. The van der Waals surface area contributed by atoms with Crippen molar-refractivity contribution in [2.45, 2.75) is 39.2 Å². The molecule has 0 aliphatic carbocycles. The fourth-order valence-electron chi connectivity index (χ4n) is 2.58. The number of fused-ring (bicyclic) bond motifs is 1. The predicted molar refractivity (Wildman–Crippen MR) is 93.6 cm³/mol. The maximum atomic E-state index is 5.51. The molecule has 1 N–H and O–H groups in total. The number of benzene rings is 2. The molecule has 0 bridgehead atoms. The van der Waals surface area contributed by atoms with Gasteiger partial charge in [-0.2, -0.15) is 0 Å². The number of hydrogen-bond acceptors (Lipinski definition) is 2. The number of rotatable bonds is 8. The van der Waals surface area contributed by atoms with Crippen molar-refractivity contribution in [1.82, 2.24) is 5.32 Å². The summed E-state index contributed by atoms with van der Waals surface area (Å²) in [5, 5.41) is 6.11. The third-order valence-electron chi connectivity index (χ3n) is 3.73. The van der Waals surface area contributed by atoms with E-state index in [1.54, 1.807) is 7.11 Å². The van der Waals surface area contributed by atoms with E-state index in [1.165, 1.54) is 42.0 Å². The quantitative estimate of drug-likeness (QED) is 0.697. The Morgan fingerprint density at radius 2 is 1.81 bits per heavy atom. The van der Waals surface area contributed by atoms with Crippen LogP contribution in [0, 0.1) is 0 Å². The third kappa shape index (κ3) is 4.90. The molecular formula is C18H26ClNO. The molecule has 0 aromatic heterocycles. The molecule has 0 amide bonds. The summed E-state index contributed by atoms with van der Waals surface area (Å²) in [5.41, 5.74) is 1.26. The molecule has 0 saturated heterocycles. The lowest BCUT2D eigenvalue weighted by atomic mass is 10.0. The number of halogens is 1. The molecule has 0 aliphatic heterocycles. The first-order valence-corrected chi connectivity index (χ1v) is 7.62. The van der Waals surface area contributed by atoms with Crippen LogP contribution in [0.3, 0.4) is 0 Å². The van der Waals surface area contributed by atoms with Crippen LogP contribution in [0.5, 0.6) is 5.75 Å². The zero-order chi connectivity index (χ0) is 14.2. The average Bonchev–Trinajstić information content (AvgIpc) is 2.50. The van der Waals surface area contributed by atoms with Crippen LogP contribution in [-0.2, 0) is 6.54 Å². The molecule has 0 aliphatic rings. The molecule has 0 spiro atoms. The molecule has 0 atom stereocenters. The van der Waals surface area contributed by atoms with E-state index >= 15 is 0 Å². The van der Waals surface area contributed by atoms with E-state index in [1.807, 2.05) is 0 Å². The van der Waals surface area contributed by atoms with Crippen LogP contribution in [0.4, 0.5) is 0 Å². The minimum atomic E-state index is 0. The van der Waals surface area contributed by atoms with Crippen LogP contribution in [0.2, 0.25) is 0 Å². The lowest BCUT2D eigenvalue weighted by molar-refractivity contribution is 0.408. The zero-order valence-corrected chi connectivity index (χ0v) is 13.8. The van der Waals surface area contributed by atoms with Gasteiger partial charge in [-0.3, -0.25) is 0 Å². The van der Waals surface area contributed by atoms with Crippen molar-refractivity contribution in [3.8, 4) is 5.75 Å². The molecule has 3 heteroatoms. The normalized spacial score (nSPS) is 10.4. The fourth-order valence-corrected chi connectivity index (χ4v) is 2.58. The van der Waals surface area contributed by atoms with Gasteiger partial charge in [0.15, 0.2) is 0 Å². The summed E-state index contributed by atoms with van der Waals surface area (Å²) in [6, 6.07) is 12.7. The van der Waals surface area contributed by atoms with Crippen molar-refractivity contribution in [2.75, 3.05) is 13.7 Å². The molecular weight excluding hydrogens is 282 g/mol. The van der Waals surface area contributed by atoms with Crippen LogP contribution < -0.4 is 10.1 Å². The van der Waals surface area contributed by atoms with E-state index in [0.717, 1.165) is 18.8 Å². The van der Waals surface area contributed by atoms with Gasteiger partial charge in [0.25, 0.3) is 0 Å². The number of methoxy groups -OCH3 is 1. The van der Waals surface area contributed by atoms with Gasteiger partial charge >= 0.3 is 0 Å². The molecule has 21 heavy (non-hydrogen) atoms. The second kappa shape index (κ2) is 9.64. The molecule has 2 aromatic rings. The summed E-state index contributed by atoms with van der Waals surface area (Å²) in [6.07, 6.45) is 5.19. The summed E-state index contributed by atoms with van der Waals surface area (Å²) in [7, 11) is 1.74. The number of hydrogen-bond donors (Lipinski definition) is 1. The van der Waals surface area contributed by atoms with Crippen LogP contribution in [0.1, 0.15) is 38.2 Å². The van der Waals surface area contributed by atoms with Crippen molar-refractivity contribution in [2.24, 2.45) is 0 Å². The van der Waals surface area contributed by atoms with Gasteiger partial charge in [0.05, 0.1) is 7.11 Å². The SMILES string of the molecule is CCCCCCNCc1c(OC)ccc2ccccc12.Cl. The summed E-state index contributed by atoms with van der Waals surface area (Å²) in [5.74, 6) is 0.977. The molecule has 0 fully saturated rings. The van der Waals surface area contributed by atoms with E-state index in [4.69, 9.17) is 4.74 Å². The largest absolute Gasteiger partial charge is 0.496 e. The van der Waals surface area contributed by atoms with Gasteiger partial charge in [0, 0.05) is 12.1 Å². The summed E-state index contributed by atoms with van der Waals surface area (Å²) in [6.45, 7) is 4.19. The lowest BCUT2D eigenvalue weighted by Crippen LogP contribution is -2.15. The topological polar surface area (TPSA) is 21.3 Å². The van der Waals surface area contributed by atoms with Crippen molar-refractivity contribution >= 4 is 23.2 Å². The van der Waals surface area contributed by atoms with Gasteiger partial charge in [0.1, 0.15) is 5.75 Å². The number of nitrogens with one attached hydrogen (secondary N) is 1. The van der Waals surface area contributed by atoms with Gasteiger partial charge in [-0.1, -0.05) is 56.5 Å². The molecule has 0 saturated carbocycles. The Labute approximate surface area is 134 Å². The molecule has 2 aromatic carbocycles. The predicted octanol–water partition coefficient (Wildman–Crippen LogP) is 4.94. The Hall–Kier alpha value is -1.25. The van der Waals surface area contributed by atoms with Gasteiger partial charge in [-0.05, 0) is 29.8 Å². The van der Waals surface area contributed by atoms with Crippen LogP contribution in [-0.4, -0.2) is 13.7 Å². The van der Waals surface area contributed by atoms with E-state index < -0.39 is 0 Å². The van der Waals surface area contributed by atoms with Crippen molar-refractivity contribution in [3.05, 3.63) is 42.0 Å². The smallest absolute Gasteiger partial charge is 0.123 e. The zero-order valence-electron chi connectivity index (χ0n) is 13.0. The van der Waals surface area contributed by atoms with Gasteiger partial charge in [-0.25, -0.2) is 0 Å². The summed E-state index contributed by atoms with van der Waals surface area (Å²) in [4.78, 5) is 0. The lowest BCUT2D eigenvalue weighted by Gasteiger charge is -2.13.